The van der Waals surface area contributed by atoms with Crippen LogP contribution in [0.3, 0.4) is 0 Å². The largest absolute Gasteiger partial charge is 0.481 e. The number of carbonyl (C=O) groups excluding carboxylic acids is 19. The molecular formula is C90H157N7O39S3. The van der Waals surface area contributed by atoms with Crippen LogP contribution in [0, 0.1) is 35.5 Å². The van der Waals surface area contributed by atoms with E-state index in [1.165, 1.54) is 49.1 Å². The van der Waals surface area contributed by atoms with Gasteiger partial charge in [-0.3, -0.25) is 67.1 Å². The number of Topliss-reactive ketones (excluding diaryl/α,β-unsaturated/α-hetero) is 5. The zero-order valence-electron chi connectivity index (χ0n) is 83.2. The molecule has 0 aliphatic rings. The van der Waals surface area contributed by atoms with Crippen molar-refractivity contribution < 1.29 is 187 Å². The summed E-state index contributed by atoms with van der Waals surface area (Å²) in [5.41, 5.74) is 0. The van der Waals surface area contributed by atoms with Gasteiger partial charge >= 0.3 is 42.5 Å². The quantitative estimate of drug-likeness (QED) is 0.0390. The predicted molar refractivity (Wildman–Crippen MR) is 504 cm³/mol. The van der Waals surface area contributed by atoms with Gasteiger partial charge in [-0.1, -0.05) is 61.8 Å². The monoisotopic (exact) mass is 2060 g/mol. The molecule has 0 spiro atoms. The fourth-order valence-corrected chi connectivity index (χ4v) is 12.5. The van der Waals surface area contributed by atoms with Gasteiger partial charge in [-0.2, -0.15) is 73.6 Å². The number of carboxylic acid groups (broad SMARTS) is 3. The average molecular weight is 2060 g/mol. The summed E-state index contributed by atoms with van der Waals surface area (Å²) in [5.74, 6) is -11.3. The number of hydrogen-bond donors (Lipinski definition) is 10. The molecule has 10 atom stereocenters. The van der Waals surface area contributed by atoms with Crippen LogP contribution < -0.4 is 37.2 Å². The second kappa shape index (κ2) is 108. The van der Waals surface area contributed by atoms with Gasteiger partial charge in [0.15, 0.2) is 23.1 Å². The molecule has 46 nitrogen and oxygen atoms in total. The second-order valence-corrected chi connectivity index (χ2v) is 32.6. The maximum Gasteiger partial charge on any atom is 0.373 e. The Bertz CT molecular complexity index is 3290. The van der Waals surface area contributed by atoms with Gasteiger partial charge < -0.3 is 119 Å². The summed E-state index contributed by atoms with van der Waals surface area (Å²) in [6, 6.07) is -3.93. The number of ether oxygens (including phenoxy) is 14. The van der Waals surface area contributed by atoms with Gasteiger partial charge in [0.1, 0.15) is 17.9 Å². The Balaban J connectivity index is -0.000000362. The minimum absolute atomic E-state index is 0.0148. The van der Waals surface area contributed by atoms with E-state index in [4.69, 9.17) is 110 Å². The van der Waals surface area contributed by atoms with E-state index in [1.54, 1.807) is 33.4 Å². The second-order valence-electron chi connectivity index (χ2n) is 29.9. The van der Waals surface area contributed by atoms with Crippen LogP contribution in [0.15, 0.2) is 0 Å². The minimum Gasteiger partial charge on any atom is -0.481 e. The van der Waals surface area contributed by atoms with Gasteiger partial charge in [0, 0.05) is 139 Å². The lowest BCUT2D eigenvalue weighted by Crippen LogP contribution is -2.52. The number of thioether (sulfide) groups is 3. The van der Waals surface area contributed by atoms with Crippen LogP contribution in [-0.2, 0) is 172 Å². The summed E-state index contributed by atoms with van der Waals surface area (Å²) < 4.78 is 75.4. The summed E-state index contributed by atoms with van der Waals surface area (Å²) in [6.07, 6.45) is 11.2. The Morgan fingerprint density at radius 3 is 0.799 bits per heavy atom. The molecule has 0 aliphatic heterocycles. The molecule has 2 unspecified atom stereocenters. The molecule has 6 amide bonds. The molecule has 139 heavy (non-hydrogen) atoms. The predicted octanol–water partition coefficient (Wildman–Crippen LogP) is 2.16. The smallest absolute Gasteiger partial charge is 0.373 e. The average Bonchev–Trinajstić information content (AvgIpc) is 0.870. The highest BCUT2D eigenvalue weighted by Crippen LogP contribution is 2.17. The highest BCUT2D eigenvalue weighted by Gasteiger charge is 2.33. The molecule has 0 bridgehead atoms. The van der Waals surface area contributed by atoms with E-state index < -0.39 is 113 Å². The SMILES string of the molecule is CCCCOCCOCCOCCOCCOCCOCCOCCOCCC(=O)C[C@@H](CSC)C(=O)O.CCCOCCOCCC(=O)NC[C@H](NC(=O)[C@H](C)CC)C(=O)C[C@@H](C)C(=O)N[C@@H](CNC(=O)CCOCCOCCC)C(=O)CC(CSC)C(=O)O.CCCOCCOCCC(=O)NC[C@H](NC)C(=O)C[C@@H](C)C(=O)N[C@@H](C)C(=O)CC(CSC)C(=O)O.O=C=O.O=C=O.O=C=O.O=C=O. The molecule has 0 rings (SSSR count). The third-order valence-electron chi connectivity index (χ3n) is 18.3. The van der Waals surface area contributed by atoms with Gasteiger partial charge in [0.2, 0.25) is 35.4 Å². The minimum atomic E-state index is -1.27. The van der Waals surface area contributed by atoms with Crippen LogP contribution in [-0.4, -0.2) is 394 Å². The molecule has 0 fully saturated rings. The number of rotatable bonds is 88. The Hall–Kier alpha value is -8.45. The molecular weight excluding hydrogens is 1900 g/mol. The number of carboxylic acids is 3. The van der Waals surface area contributed by atoms with Gasteiger partial charge in [0.25, 0.3) is 0 Å². The molecule has 10 N–H and O–H groups in total. The van der Waals surface area contributed by atoms with E-state index in [2.05, 4.69) is 44.1 Å². The lowest BCUT2D eigenvalue weighted by Gasteiger charge is -2.24. The van der Waals surface area contributed by atoms with Crippen LogP contribution in [0.5, 0.6) is 0 Å². The summed E-state index contributed by atoms with van der Waals surface area (Å²) in [4.78, 5) is 238. The van der Waals surface area contributed by atoms with Gasteiger partial charge in [-0.25, -0.2) is 0 Å². The van der Waals surface area contributed by atoms with Crippen molar-refractivity contribution in [3.63, 3.8) is 0 Å². The molecule has 0 heterocycles. The van der Waals surface area contributed by atoms with Crippen molar-refractivity contribution in [2.45, 2.75) is 183 Å². The topological polar surface area (TPSA) is 650 Å². The highest BCUT2D eigenvalue weighted by molar-refractivity contribution is 7.99. The zero-order chi connectivity index (χ0) is 106. The summed E-state index contributed by atoms with van der Waals surface area (Å²) in [7, 11) is 1.59. The molecule has 804 valence electrons. The number of likely N-dealkylation sites (N-methyl/N-ethyl adjacent to an activating group) is 1. The summed E-state index contributed by atoms with van der Waals surface area (Å²) >= 11 is 4.02. The molecule has 0 aromatic rings. The van der Waals surface area contributed by atoms with Crippen molar-refractivity contribution in [1.29, 1.82) is 0 Å². The Morgan fingerprint density at radius 2 is 0.525 bits per heavy atom. The zero-order valence-corrected chi connectivity index (χ0v) is 85.6. The third kappa shape index (κ3) is 98.1. The first kappa shape index (κ1) is 144. The Labute approximate surface area is 828 Å². The van der Waals surface area contributed by atoms with Crippen LogP contribution in [0.25, 0.3) is 0 Å². The van der Waals surface area contributed by atoms with Crippen LogP contribution in [0.1, 0.15) is 159 Å². The third-order valence-corrected chi connectivity index (χ3v) is 20.6. The van der Waals surface area contributed by atoms with E-state index in [0.29, 0.717) is 170 Å². The van der Waals surface area contributed by atoms with Crippen molar-refractivity contribution >= 4 is 142 Å². The van der Waals surface area contributed by atoms with Crippen molar-refractivity contribution in [2.24, 2.45) is 35.5 Å². The standard InChI is InChI=1S/C36H64N4O12S.C26H50O11S.C24H43N3O8S.4CO2/c1-7-12-49-16-18-51-14-10-32(43)37-22-28(39-34(45)25(4)9-3)30(41)20-26(5)35(46)40-29(31(42)21-27(24-53-6)36(47)48)23-38-33(44)11-15-52-19-17-50-13-8-2;1-3-4-6-30-8-10-32-12-14-34-16-18-36-20-21-37-19-17-35-15-13-33-11-9-31-7-5-25(27)22-24(23-38-2)26(28)29;1-6-8-34-10-11-35-9-7-22(30)26-14-19(25-4)21(29)12-16(2)23(31)27-17(3)20(28)13-18(15-36-5)24(32)33;4*2-1-3/h25-29H,7-24H2,1-6H3,(H,37,43)(H,38,44)(H,39,45)(H,40,46)(H,47,48);24H,3-23H2,1-2H3,(H,28,29);16-19,25H,6-15H2,1-5H3,(H,26,30)(H,27,31)(H,32,33);;;;/t25-,26-,27?,28+,29+;24-;16-,17+,18?,19+;;;;/m101..../s1. The van der Waals surface area contributed by atoms with Crippen LogP contribution >= 0.6 is 35.3 Å². The van der Waals surface area contributed by atoms with Crippen LogP contribution in [0.4, 0.5) is 0 Å². The molecule has 0 aromatic heterocycles. The fourth-order valence-electron chi connectivity index (χ4n) is 10.5. The Morgan fingerprint density at radius 1 is 0.288 bits per heavy atom. The van der Waals surface area contributed by atoms with Gasteiger partial charge in [-0.15, -0.1) is 0 Å². The number of amides is 6. The lowest BCUT2D eigenvalue weighted by atomic mass is 9.96. The number of carbonyl (C=O) groups is 14. The number of unbranched alkanes of at least 4 members (excludes halogenated alkanes) is 1. The van der Waals surface area contributed by atoms with Crippen molar-refractivity contribution in [3.05, 3.63) is 0 Å². The van der Waals surface area contributed by atoms with Crippen molar-refractivity contribution in [2.75, 3.05) is 248 Å². The number of nitrogens with one attached hydrogen (secondary N) is 7. The number of hydrogen-bond acceptors (Lipinski definition) is 40. The van der Waals surface area contributed by atoms with Crippen molar-refractivity contribution in [1.82, 2.24) is 37.2 Å². The van der Waals surface area contributed by atoms with Gasteiger partial charge in [0.05, 0.1) is 188 Å². The first-order valence-electron chi connectivity index (χ1n) is 45.9. The highest BCUT2D eigenvalue weighted by atomic mass is 32.2. The van der Waals surface area contributed by atoms with Crippen molar-refractivity contribution in [3.8, 4) is 0 Å². The summed E-state index contributed by atoms with van der Waals surface area (Å²) in [5, 5.41) is 46.5. The first-order valence-corrected chi connectivity index (χ1v) is 50.0. The summed E-state index contributed by atoms with van der Waals surface area (Å²) in [6.45, 7) is 28.5. The Kier molecular flexibility index (Phi) is 112. The molecule has 0 aromatic carbocycles. The normalized spacial score (nSPS) is 12.6. The first-order chi connectivity index (χ1) is 66.6. The van der Waals surface area contributed by atoms with Crippen LogP contribution in [0.2, 0.25) is 0 Å². The van der Waals surface area contributed by atoms with E-state index >= 15 is 0 Å². The van der Waals surface area contributed by atoms with Gasteiger partial charge in [-0.05, 0) is 64.8 Å². The molecule has 49 heteroatoms. The molecule has 0 aliphatic carbocycles. The number of aliphatic carboxylic acids is 3. The molecule has 0 saturated heterocycles. The van der Waals surface area contributed by atoms with E-state index in [-0.39, 0.29) is 163 Å². The fraction of sp³-hybridized carbons (Fsp3) is 0.800. The number of ketones is 5. The molecule has 0 saturated carbocycles. The maximum atomic E-state index is 13.4. The van der Waals surface area contributed by atoms with E-state index in [9.17, 15) is 77.3 Å². The maximum absolute atomic E-state index is 13.4. The molecule has 0 radical (unpaired) electrons. The van der Waals surface area contributed by atoms with E-state index in [0.717, 1.165) is 38.7 Å². The van der Waals surface area contributed by atoms with E-state index in [1.807, 2.05) is 34.0 Å². The lowest BCUT2D eigenvalue weighted by molar-refractivity contribution is -0.193.